The molecule has 2 N–H and O–H groups in total. The zero-order valence-corrected chi connectivity index (χ0v) is 18.9. The molecule has 2 aromatic carbocycles. The van der Waals surface area contributed by atoms with Crippen molar-refractivity contribution in [2.75, 3.05) is 6.54 Å². The van der Waals surface area contributed by atoms with E-state index in [9.17, 15) is 18.0 Å². The molecule has 2 atom stereocenters. The monoisotopic (exact) mass is 475 g/mol. The number of benzene rings is 2. The van der Waals surface area contributed by atoms with Crippen LogP contribution in [0.15, 0.2) is 64.2 Å². The summed E-state index contributed by atoms with van der Waals surface area (Å²) in [7, 11) is -3.92. The van der Waals surface area contributed by atoms with Gasteiger partial charge in [-0.25, -0.2) is 8.42 Å². The molecule has 31 heavy (non-hydrogen) atoms. The topological polar surface area (TPSA) is 95.6 Å². The van der Waals surface area contributed by atoms with E-state index in [0.29, 0.717) is 0 Å². The second kappa shape index (κ2) is 8.99. The highest BCUT2D eigenvalue weighted by atomic mass is 32.2. The fraction of sp³-hybridized carbons (Fsp3) is 0.238. The molecule has 0 saturated carbocycles. The molecule has 0 bridgehead atoms. The van der Waals surface area contributed by atoms with Gasteiger partial charge in [-0.3, -0.25) is 20.4 Å². The lowest BCUT2D eigenvalue weighted by Crippen LogP contribution is -2.51. The van der Waals surface area contributed by atoms with Gasteiger partial charge in [0.25, 0.3) is 5.91 Å². The lowest BCUT2D eigenvalue weighted by molar-refractivity contribution is -0.130. The molecule has 2 heterocycles. The lowest BCUT2D eigenvalue weighted by atomic mass is 10.1. The van der Waals surface area contributed by atoms with Crippen LogP contribution in [0.3, 0.4) is 0 Å². The van der Waals surface area contributed by atoms with Crippen molar-refractivity contribution < 1.29 is 18.0 Å². The van der Waals surface area contributed by atoms with Gasteiger partial charge in [-0.1, -0.05) is 30.3 Å². The Balaban J connectivity index is 1.49. The number of nitrogens with one attached hydrogen (secondary N) is 2. The molecule has 4 rings (SSSR count). The van der Waals surface area contributed by atoms with E-state index in [4.69, 9.17) is 0 Å². The Morgan fingerprint density at radius 1 is 1.10 bits per heavy atom. The Labute approximate surface area is 189 Å². The number of thiophene rings is 1. The van der Waals surface area contributed by atoms with E-state index in [1.165, 1.54) is 11.3 Å². The van der Waals surface area contributed by atoms with Gasteiger partial charge in [0.05, 0.1) is 11.3 Å². The zero-order valence-electron chi connectivity index (χ0n) is 16.4. The van der Waals surface area contributed by atoms with E-state index in [0.717, 1.165) is 20.6 Å². The molecule has 1 aromatic heterocycles. The number of hydrazine groups is 1. The van der Waals surface area contributed by atoms with Gasteiger partial charge in [0, 0.05) is 11.8 Å². The molecule has 1 fully saturated rings. The van der Waals surface area contributed by atoms with Crippen LogP contribution in [0.25, 0.3) is 10.8 Å². The van der Waals surface area contributed by atoms with Crippen molar-refractivity contribution in [2.24, 2.45) is 0 Å². The molecule has 7 nitrogen and oxygen atoms in total. The number of hydrogen-bond acceptors (Lipinski definition) is 6. The molecule has 162 valence electrons. The third-order valence-electron chi connectivity index (χ3n) is 5.13. The highest BCUT2D eigenvalue weighted by Gasteiger charge is 2.43. The van der Waals surface area contributed by atoms with Gasteiger partial charge in [-0.15, -0.1) is 0 Å². The van der Waals surface area contributed by atoms with Crippen LogP contribution in [0.1, 0.15) is 12.0 Å². The number of sulfonamides is 1. The van der Waals surface area contributed by atoms with E-state index in [1.807, 2.05) is 41.1 Å². The molecule has 1 aliphatic rings. The van der Waals surface area contributed by atoms with Crippen molar-refractivity contribution in [3.63, 3.8) is 0 Å². The molecule has 0 unspecified atom stereocenters. The van der Waals surface area contributed by atoms with Gasteiger partial charge in [-0.05, 0) is 51.7 Å². The Kier molecular flexibility index (Phi) is 6.33. The minimum atomic E-state index is -3.92. The standard InChI is InChI=1S/C21H21N3O4S3/c25-20(9-14-7-8-30-13-14)22-23-21(26)19-11-17(29)12-24(19)31(27,28)18-6-5-15-3-1-2-4-16(15)10-18/h1-8,10,13,17,19,29H,9,11-12H2,(H,22,25)(H,23,26)/t17-,19+/m1/s1. The summed E-state index contributed by atoms with van der Waals surface area (Å²) in [5.41, 5.74) is 5.57. The van der Waals surface area contributed by atoms with Crippen LogP contribution < -0.4 is 10.9 Å². The fourth-order valence-electron chi connectivity index (χ4n) is 3.59. The van der Waals surface area contributed by atoms with E-state index >= 15 is 0 Å². The largest absolute Gasteiger partial charge is 0.273 e. The molecule has 2 amide bonds. The summed E-state index contributed by atoms with van der Waals surface area (Å²) in [6.07, 6.45) is 0.380. The van der Waals surface area contributed by atoms with E-state index in [-0.39, 0.29) is 35.4 Å². The fourth-order valence-corrected chi connectivity index (χ4v) is 6.42. The normalized spacial score (nSPS) is 19.4. The molecule has 0 spiro atoms. The minimum Gasteiger partial charge on any atom is -0.273 e. The maximum atomic E-state index is 13.3. The number of fused-ring (bicyclic) bond motifs is 1. The van der Waals surface area contributed by atoms with E-state index in [1.54, 1.807) is 18.2 Å². The van der Waals surface area contributed by atoms with Gasteiger partial charge in [0.1, 0.15) is 6.04 Å². The third-order valence-corrected chi connectivity index (χ3v) is 8.11. The van der Waals surface area contributed by atoms with Crippen LogP contribution in [0.5, 0.6) is 0 Å². The average Bonchev–Trinajstić information content (AvgIpc) is 3.41. The van der Waals surface area contributed by atoms with Gasteiger partial charge in [-0.2, -0.15) is 28.3 Å². The van der Waals surface area contributed by atoms with Gasteiger partial charge < -0.3 is 0 Å². The maximum Gasteiger partial charge on any atom is 0.256 e. The number of rotatable bonds is 5. The number of carbonyl (C=O) groups excluding carboxylic acids is 2. The van der Waals surface area contributed by atoms with E-state index in [2.05, 4.69) is 23.5 Å². The lowest BCUT2D eigenvalue weighted by Gasteiger charge is -2.23. The van der Waals surface area contributed by atoms with Crippen molar-refractivity contribution >= 4 is 56.6 Å². The molecule has 10 heteroatoms. The average molecular weight is 476 g/mol. The number of amides is 2. The number of carbonyl (C=O) groups is 2. The maximum absolute atomic E-state index is 13.3. The Morgan fingerprint density at radius 3 is 2.61 bits per heavy atom. The summed E-state index contributed by atoms with van der Waals surface area (Å²) in [5.74, 6) is -0.962. The van der Waals surface area contributed by atoms with Gasteiger partial charge in [0.15, 0.2) is 0 Å². The molecule has 0 radical (unpaired) electrons. The molecule has 1 aliphatic heterocycles. The molecular formula is C21H21N3O4S3. The van der Waals surface area contributed by atoms with Crippen LogP contribution in [0, 0.1) is 0 Å². The highest BCUT2D eigenvalue weighted by Crippen LogP contribution is 2.30. The number of hydrogen-bond donors (Lipinski definition) is 3. The third kappa shape index (κ3) is 4.77. The quantitative estimate of drug-likeness (QED) is 0.390. The summed E-state index contributed by atoms with van der Waals surface area (Å²) in [4.78, 5) is 24.9. The Morgan fingerprint density at radius 2 is 1.87 bits per heavy atom. The van der Waals surface area contributed by atoms with Crippen LogP contribution >= 0.6 is 24.0 Å². The molecular weight excluding hydrogens is 454 g/mol. The SMILES string of the molecule is O=C(Cc1ccsc1)NNC(=O)[C@@H]1C[C@@H](S)CN1S(=O)(=O)c1ccc2ccccc2c1. The number of nitrogens with zero attached hydrogens (tertiary/aromatic N) is 1. The van der Waals surface area contributed by atoms with Crippen molar-refractivity contribution in [3.8, 4) is 0 Å². The van der Waals surface area contributed by atoms with Crippen LogP contribution in [-0.2, 0) is 26.0 Å². The first kappa shape index (κ1) is 21.8. The Bertz CT molecular complexity index is 1210. The van der Waals surface area contributed by atoms with Crippen molar-refractivity contribution in [1.29, 1.82) is 0 Å². The first-order chi connectivity index (χ1) is 14.8. The van der Waals surface area contributed by atoms with Gasteiger partial charge >= 0.3 is 0 Å². The van der Waals surface area contributed by atoms with Crippen molar-refractivity contribution in [2.45, 2.75) is 29.0 Å². The predicted molar refractivity (Wildman–Crippen MR) is 123 cm³/mol. The molecule has 0 aliphatic carbocycles. The molecule has 3 aromatic rings. The number of thiol groups is 1. The van der Waals surface area contributed by atoms with Gasteiger partial charge in [0.2, 0.25) is 15.9 Å². The first-order valence-electron chi connectivity index (χ1n) is 9.63. The first-order valence-corrected chi connectivity index (χ1v) is 12.5. The van der Waals surface area contributed by atoms with E-state index < -0.39 is 22.0 Å². The zero-order chi connectivity index (χ0) is 22.0. The smallest absolute Gasteiger partial charge is 0.256 e. The van der Waals surface area contributed by atoms with Crippen molar-refractivity contribution in [3.05, 3.63) is 64.9 Å². The summed E-state index contributed by atoms with van der Waals surface area (Å²) < 4.78 is 27.8. The minimum absolute atomic E-state index is 0.110. The summed E-state index contributed by atoms with van der Waals surface area (Å²) in [6.45, 7) is 0.110. The summed E-state index contributed by atoms with van der Waals surface area (Å²) in [5, 5.41) is 5.15. The van der Waals surface area contributed by atoms with Crippen LogP contribution in [0.4, 0.5) is 0 Å². The summed E-state index contributed by atoms with van der Waals surface area (Å²) >= 11 is 5.88. The second-order valence-electron chi connectivity index (χ2n) is 7.33. The second-order valence-corrected chi connectivity index (χ2v) is 10.7. The molecule has 1 saturated heterocycles. The predicted octanol–water partition coefficient (Wildman–Crippen LogP) is 2.35. The Hall–Kier alpha value is -2.40. The highest BCUT2D eigenvalue weighted by molar-refractivity contribution is 7.89. The van der Waals surface area contributed by atoms with Crippen LogP contribution in [-0.4, -0.2) is 42.4 Å². The summed E-state index contributed by atoms with van der Waals surface area (Å²) in [6, 6.07) is 13.2. The van der Waals surface area contributed by atoms with Crippen LogP contribution in [0.2, 0.25) is 0 Å². The van der Waals surface area contributed by atoms with Crippen molar-refractivity contribution in [1.82, 2.24) is 15.2 Å².